The third-order valence-corrected chi connectivity index (χ3v) is 4.30. The van der Waals surface area contributed by atoms with Gasteiger partial charge in [0.1, 0.15) is 0 Å². The molecular formula is C12H18O3S. The molecule has 0 aliphatic heterocycles. The molecule has 0 aliphatic carbocycles. The van der Waals surface area contributed by atoms with E-state index >= 15 is 0 Å². The van der Waals surface area contributed by atoms with E-state index in [4.69, 9.17) is 5.11 Å². The van der Waals surface area contributed by atoms with Crippen LogP contribution in [0.4, 0.5) is 0 Å². The summed E-state index contributed by atoms with van der Waals surface area (Å²) in [7, 11) is -3.14. The lowest BCUT2D eigenvalue weighted by molar-refractivity contribution is 0.282. The molecule has 1 aromatic carbocycles. The van der Waals surface area contributed by atoms with Crippen LogP contribution in [0.2, 0.25) is 0 Å². The molecule has 0 atom stereocenters. The van der Waals surface area contributed by atoms with Crippen LogP contribution in [0.3, 0.4) is 0 Å². The predicted octanol–water partition coefficient (Wildman–Crippen LogP) is 2.14. The van der Waals surface area contributed by atoms with Gasteiger partial charge in [0, 0.05) is 0 Å². The number of aliphatic hydroxyl groups excluding tert-OH is 1. The molecule has 4 heteroatoms. The molecule has 1 N–H and O–H groups in total. The topological polar surface area (TPSA) is 54.4 Å². The van der Waals surface area contributed by atoms with Crippen molar-refractivity contribution < 1.29 is 13.5 Å². The minimum atomic E-state index is -3.14. The quantitative estimate of drug-likeness (QED) is 0.778. The highest BCUT2D eigenvalue weighted by molar-refractivity contribution is 7.91. The molecule has 90 valence electrons. The van der Waals surface area contributed by atoms with Crippen molar-refractivity contribution in [2.75, 3.05) is 5.75 Å². The Labute approximate surface area is 97.0 Å². The SMILES string of the molecule is CCCCCS(=O)(=O)c1ccc(CO)cc1. The maximum Gasteiger partial charge on any atom is 0.178 e. The van der Waals surface area contributed by atoms with Crippen LogP contribution in [0.25, 0.3) is 0 Å². The van der Waals surface area contributed by atoms with Crippen LogP contribution in [0.5, 0.6) is 0 Å². The average Bonchev–Trinajstić information content (AvgIpc) is 2.29. The van der Waals surface area contributed by atoms with Gasteiger partial charge in [-0.25, -0.2) is 8.42 Å². The van der Waals surface area contributed by atoms with Crippen LogP contribution in [0.1, 0.15) is 31.7 Å². The van der Waals surface area contributed by atoms with Gasteiger partial charge in [-0.1, -0.05) is 31.9 Å². The number of hydrogen-bond acceptors (Lipinski definition) is 3. The monoisotopic (exact) mass is 242 g/mol. The lowest BCUT2D eigenvalue weighted by atomic mass is 10.2. The molecule has 1 aromatic rings. The van der Waals surface area contributed by atoms with Gasteiger partial charge in [-0.3, -0.25) is 0 Å². The number of benzene rings is 1. The first-order valence-corrected chi connectivity index (χ1v) is 7.18. The summed E-state index contributed by atoms with van der Waals surface area (Å²) < 4.78 is 23.7. The second-order valence-electron chi connectivity index (χ2n) is 3.83. The minimum absolute atomic E-state index is 0.0594. The molecule has 0 saturated carbocycles. The predicted molar refractivity (Wildman–Crippen MR) is 63.9 cm³/mol. The van der Waals surface area contributed by atoms with Crippen LogP contribution >= 0.6 is 0 Å². The first-order chi connectivity index (χ1) is 7.60. The van der Waals surface area contributed by atoms with Gasteiger partial charge in [-0.05, 0) is 24.1 Å². The summed E-state index contributed by atoms with van der Waals surface area (Å²) in [5.74, 6) is 0.208. The third-order valence-electron chi connectivity index (χ3n) is 2.48. The van der Waals surface area contributed by atoms with Gasteiger partial charge in [-0.15, -0.1) is 0 Å². The Bertz CT molecular complexity index is 406. The van der Waals surface area contributed by atoms with Gasteiger partial charge < -0.3 is 5.11 Å². The molecule has 0 spiro atoms. The van der Waals surface area contributed by atoms with Crippen molar-refractivity contribution in [2.45, 2.75) is 37.7 Å². The Morgan fingerprint density at radius 3 is 2.25 bits per heavy atom. The highest BCUT2D eigenvalue weighted by Gasteiger charge is 2.13. The average molecular weight is 242 g/mol. The Morgan fingerprint density at radius 2 is 1.75 bits per heavy atom. The first-order valence-electron chi connectivity index (χ1n) is 5.52. The van der Waals surface area contributed by atoms with Crippen LogP contribution in [-0.4, -0.2) is 19.3 Å². The second kappa shape index (κ2) is 6.01. The molecule has 16 heavy (non-hydrogen) atoms. The van der Waals surface area contributed by atoms with Crippen LogP contribution in [-0.2, 0) is 16.4 Å². The van der Waals surface area contributed by atoms with Crippen molar-refractivity contribution in [3.8, 4) is 0 Å². The van der Waals surface area contributed by atoms with Crippen molar-refractivity contribution in [1.82, 2.24) is 0 Å². The number of rotatable bonds is 6. The molecular weight excluding hydrogens is 224 g/mol. The second-order valence-corrected chi connectivity index (χ2v) is 5.94. The summed E-state index contributed by atoms with van der Waals surface area (Å²) >= 11 is 0. The van der Waals surface area contributed by atoms with Gasteiger partial charge in [0.2, 0.25) is 0 Å². The largest absolute Gasteiger partial charge is 0.392 e. The fraction of sp³-hybridized carbons (Fsp3) is 0.500. The van der Waals surface area contributed by atoms with Crippen molar-refractivity contribution >= 4 is 9.84 Å². The lowest BCUT2D eigenvalue weighted by Crippen LogP contribution is -2.06. The summed E-state index contributed by atoms with van der Waals surface area (Å²) in [6, 6.07) is 6.42. The highest BCUT2D eigenvalue weighted by Crippen LogP contribution is 2.14. The van der Waals surface area contributed by atoms with E-state index in [1.807, 2.05) is 6.92 Å². The zero-order valence-corrected chi connectivity index (χ0v) is 10.3. The molecule has 0 radical (unpaired) electrons. The molecule has 0 fully saturated rings. The zero-order valence-electron chi connectivity index (χ0n) is 9.52. The molecule has 1 rings (SSSR count). The number of sulfone groups is 1. The maximum atomic E-state index is 11.8. The molecule has 0 amide bonds. The van der Waals surface area contributed by atoms with Crippen molar-refractivity contribution in [2.24, 2.45) is 0 Å². The van der Waals surface area contributed by atoms with Crippen LogP contribution in [0, 0.1) is 0 Å². The van der Waals surface area contributed by atoms with Crippen molar-refractivity contribution in [1.29, 1.82) is 0 Å². The maximum absolute atomic E-state index is 11.8. The van der Waals surface area contributed by atoms with E-state index in [9.17, 15) is 8.42 Å². The normalized spacial score (nSPS) is 11.6. The Balaban J connectivity index is 2.74. The smallest absolute Gasteiger partial charge is 0.178 e. The van der Waals surface area contributed by atoms with E-state index in [1.54, 1.807) is 24.3 Å². The van der Waals surface area contributed by atoms with Crippen LogP contribution < -0.4 is 0 Å². The Kier molecular flexibility index (Phi) is 4.96. The molecule has 0 aromatic heterocycles. The summed E-state index contributed by atoms with van der Waals surface area (Å²) in [6.45, 7) is 1.98. The highest BCUT2D eigenvalue weighted by atomic mass is 32.2. The number of hydrogen-bond donors (Lipinski definition) is 1. The summed E-state index contributed by atoms with van der Waals surface area (Å²) in [5, 5.41) is 8.86. The van der Waals surface area contributed by atoms with Gasteiger partial charge in [0.15, 0.2) is 9.84 Å². The standard InChI is InChI=1S/C12H18O3S/c1-2-3-4-9-16(14,15)12-7-5-11(10-13)6-8-12/h5-8,13H,2-4,9-10H2,1H3. The van der Waals surface area contributed by atoms with Gasteiger partial charge in [-0.2, -0.15) is 0 Å². The zero-order chi connectivity index (χ0) is 12.0. The third kappa shape index (κ3) is 3.61. The molecule has 0 heterocycles. The molecule has 0 bridgehead atoms. The van der Waals surface area contributed by atoms with E-state index in [0.717, 1.165) is 18.4 Å². The molecule has 0 saturated heterocycles. The van der Waals surface area contributed by atoms with E-state index in [2.05, 4.69) is 0 Å². The first kappa shape index (κ1) is 13.2. The van der Waals surface area contributed by atoms with Crippen LogP contribution in [0.15, 0.2) is 29.2 Å². The van der Waals surface area contributed by atoms with Crippen molar-refractivity contribution in [3.63, 3.8) is 0 Å². The fourth-order valence-electron chi connectivity index (χ4n) is 1.46. The number of aliphatic hydroxyl groups is 1. The summed E-state index contributed by atoms with van der Waals surface area (Å²) in [4.78, 5) is 0.348. The van der Waals surface area contributed by atoms with Gasteiger partial charge in [0.25, 0.3) is 0 Å². The van der Waals surface area contributed by atoms with E-state index in [1.165, 1.54) is 0 Å². The Morgan fingerprint density at radius 1 is 1.12 bits per heavy atom. The molecule has 3 nitrogen and oxygen atoms in total. The van der Waals surface area contributed by atoms with Gasteiger partial charge in [0.05, 0.1) is 17.3 Å². The molecule has 0 aliphatic rings. The van der Waals surface area contributed by atoms with E-state index < -0.39 is 9.84 Å². The minimum Gasteiger partial charge on any atom is -0.392 e. The summed E-state index contributed by atoms with van der Waals surface area (Å²) in [6.07, 6.45) is 2.66. The number of unbranched alkanes of at least 4 members (excludes halogenated alkanes) is 2. The van der Waals surface area contributed by atoms with E-state index in [0.29, 0.717) is 11.3 Å². The summed E-state index contributed by atoms with van der Waals surface area (Å²) in [5.41, 5.74) is 0.729. The van der Waals surface area contributed by atoms with Crippen molar-refractivity contribution in [3.05, 3.63) is 29.8 Å². The van der Waals surface area contributed by atoms with Gasteiger partial charge >= 0.3 is 0 Å². The lowest BCUT2D eigenvalue weighted by Gasteiger charge is -2.04. The van der Waals surface area contributed by atoms with E-state index in [-0.39, 0.29) is 12.4 Å². The molecule has 0 unspecified atom stereocenters. The fourth-order valence-corrected chi connectivity index (χ4v) is 2.83. The Hall–Kier alpha value is -0.870.